The van der Waals surface area contributed by atoms with E-state index >= 15 is 0 Å². The van der Waals surface area contributed by atoms with Crippen molar-refractivity contribution in [2.45, 2.75) is 18.9 Å². The maximum atomic E-state index is 12.7. The maximum Gasteiger partial charge on any atom is 0.321 e. The van der Waals surface area contributed by atoms with Crippen LogP contribution in [0, 0.1) is 0 Å². The fourth-order valence-corrected chi connectivity index (χ4v) is 3.81. The summed E-state index contributed by atoms with van der Waals surface area (Å²) in [5.41, 5.74) is 3.05. The molecule has 0 radical (unpaired) electrons. The average Bonchev–Trinajstić information content (AvgIpc) is 3.15. The molecule has 1 atom stereocenters. The molecule has 2 aliphatic rings. The summed E-state index contributed by atoms with van der Waals surface area (Å²) >= 11 is 0. The smallest absolute Gasteiger partial charge is 0.321 e. The second-order valence-electron chi connectivity index (χ2n) is 7.04. The number of likely N-dealkylation sites (tertiary alicyclic amines) is 1. The van der Waals surface area contributed by atoms with Crippen molar-refractivity contribution in [3.05, 3.63) is 54.6 Å². The molecular formula is C21H24N4O2. The predicted molar refractivity (Wildman–Crippen MR) is 106 cm³/mol. The third-order valence-electron chi connectivity index (χ3n) is 5.26. The molecule has 4 rings (SSSR count). The van der Waals surface area contributed by atoms with Crippen molar-refractivity contribution in [2.75, 3.05) is 31.5 Å². The van der Waals surface area contributed by atoms with Crippen LogP contribution in [0.25, 0.3) is 11.1 Å². The molecule has 4 amide bonds. The minimum atomic E-state index is -0.105. The number of rotatable bonds is 3. The summed E-state index contributed by atoms with van der Waals surface area (Å²) in [5, 5.41) is 5.82. The highest BCUT2D eigenvalue weighted by molar-refractivity contribution is 5.90. The average molecular weight is 364 g/mol. The van der Waals surface area contributed by atoms with Crippen molar-refractivity contribution in [3.63, 3.8) is 0 Å². The van der Waals surface area contributed by atoms with Crippen LogP contribution in [-0.2, 0) is 0 Å². The van der Waals surface area contributed by atoms with Gasteiger partial charge in [-0.1, -0.05) is 42.5 Å². The molecular weight excluding hydrogens is 340 g/mol. The Morgan fingerprint density at radius 1 is 1.00 bits per heavy atom. The highest BCUT2D eigenvalue weighted by Crippen LogP contribution is 2.22. The van der Waals surface area contributed by atoms with Gasteiger partial charge >= 0.3 is 12.1 Å². The fraction of sp³-hybridized carbons (Fsp3) is 0.333. The normalized spacial score (nSPS) is 19.7. The number of nitrogens with one attached hydrogen (secondary N) is 2. The number of anilines is 1. The number of nitrogens with zero attached hydrogens (tertiary/aromatic N) is 2. The standard InChI is InChI=1S/C21H24N4O2/c26-20-22-12-14-25(20)19-7-4-13-24(15-19)21(27)23-18-10-8-17(9-11-18)16-5-2-1-3-6-16/h1-3,5-6,8-11,19H,4,7,12-15H2,(H,22,26)(H,23,27)/t19-/m1/s1. The molecule has 2 aromatic carbocycles. The van der Waals surface area contributed by atoms with E-state index in [1.54, 1.807) is 0 Å². The molecule has 2 aromatic rings. The molecule has 0 bridgehead atoms. The Morgan fingerprint density at radius 2 is 1.74 bits per heavy atom. The number of carbonyl (C=O) groups is 2. The van der Waals surface area contributed by atoms with Crippen LogP contribution < -0.4 is 10.6 Å². The Labute approximate surface area is 159 Å². The SMILES string of the molecule is O=C(Nc1ccc(-c2ccccc2)cc1)N1CCC[C@@H](N2CCNC2=O)C1. The van der Waals surface area contributed by atoms with Crippen molar-refractivity contribution in [2.24, 2.45) is 0 Å². The van der Waals surface area contributed by atoms with E-state index < -0.39 is 0 Å². The number of urea groups is 2. The van der Waals surface area contributed by atoms with E-state index in [4.69, 9.17) is 0 Å². The lowest BCUT2D eigenvalue weighted by Gasteiger charge is -2.36. The van der Waals surface area contributed by atoms with Crippen molar-refractivity contribution < 1.29 is 9.59 Å². The molecule has 2 aliphatic heterocycles. The Morgan fingerprint density at radius 3 is 2.44 bits per heavy atom. The summed E-state index contributed by atoms with van der Waals surface area (Å²) in [7, 11) is 0. The Bertz CT molecular complexity index is 807. The molecule has 0 aliphatic carbocycles. The van der Waals surface area contributed by atoms with Crippen molar-refractivity contribution in [3.8, 4) is 11.1 Å². The molecule has 0 saturated carbocycles. The first kappa shape index (κ1) is 17.4. The molecule has 2 N–H and O–H groups in total. The molecule has 0 aromatic heterocycles. The summed E-state index contributed by atoms with van der Waals surface area (Å²) in [6.45, 7) is 2.72. The number of carbonyl (C=O) groups excluding carboxylic acids is 2. The largest absolute Gasteiger partial charge is 0.336 e. The molecule has 0 spiro atoms. The van der Waals surface area contributed by atoms with Gasteiger partial charge < -0.3 is 20.4 Å². The number of hydrogen-bond donors (Lipinski definition) is 2. The first-order chi connectivity index (χ1) is 13.2. The second-order valence-corrected chi connectivity index (χ2v) is 7.04. The molecule has 140 valence electrons. The van der Waals surface area contributed by atoms with Crippen LogP contribution in [0.1, 0.15) is 12.8 Å². The summed E-state index contributed by atoms with van der Waals surface area (Å²) in [6, 6.07) is 18.0. The third-order valence-corrected chi connectivity index (χ3v) is 5.26. The van der Waals surface area contributed by atoms with Crippen LogP contribution in [0.15, 0.2) is 54.6 Å². The quantitative estimate of drug-likeness (QED) is 0.877. The van der Waals surface area contributed by atoms with Gasteiger partial charge in [0, 0.05) is 31.9 Å². The molecule has 0 unspecified atom stereocenters. The van der Waals surface area contributed by atoms with Crippen LogP contribution in [0.4, 0.5) is 15.3 Å². The number of piperidine rings is 1. The van der Waals surface area contributed by atoms with E-state index in [1.807, 2.05) is 52.3 Å². The zero-order chi connectivity index (χ0) is 18.6. The van der Waals surface area contributed by atoms with Crippen molar-refractivity contribution in [1.29, 1.82) is 0 Å². The van der Waals surface area contributed by atoms with Gasteiger partial charge in [0.2, 0.25) is 0 Å². The van der Waals surface area contributed by atoms with E-state index in [2.05, 4.69) is 22.8 Å². The van der Waals surface area contributed by atoms with Gasteiger partial charge in [-0.25, -0.2) is 9.59 Å². The Hall–Kier alpha value is -3.02. The minimum Gasteiger partial charge on any atom is -0.336 e. The van der Waals surface area contributed by atoms with Crippen LogP contribution in [0.5, 0.6) is 0 Å². The number of amides is 4. The summed E-state index contributed by atoms with van der Waals surface area (Å²) in [6.07, 6.45) is 1.86. The van der Waals surface area contributed by atoms with Gasteiger partial charge in [0.15, 0.2) is 0 Å². The maximum absolute atomic E-state index is 12.7. The van der Waals surface area contributed by atoms with Gasteiger partial charge in [-0.3, -0.25) is 0 Å². The van der Waals surface area contributed by atoms with Crippen LogP contribution >= 0.6 is 0 Å². The molecule has 6 nitrogen and oxygen atoms in total. The third kappa shape index (κ3) is 3.89. The predicted octanol–water partition coefficient (Wildman–Crippen LogP) is 3.38. The molecule has 2 fully saturated rings. The van der Waals surface area contributed by atoms with Crippen LogP contribution in [-0.4, -0.2) is 54.1 Å². The molecule has 6 heteroatoms. The van der Waals surface area contributed by atoms with Gasteiger partial charge in [-0.2, -0.15) is 0 Å². The van der Waals surface area contributed by atoms with Gasteiger partial charge in [0.25, 0.3) is 0 Å². The summed E-state index contributed by atoms with van der Waals surface area (Å²) in [5.74, 6) is 0. The van der Waals surface area contributed by atoms with Gasteiger partial charge in [-0.05, 0) is 36.1 Å². The van der Waals surface area contributed by atoms with E-state index in [-0.39, 0.29) is 18.1 Å². The van der Waals surface area contributed by atoms with E-state index in [1.165, 1.54) is 0 Å². The monoisotopic (exact) mass is 364 g/mol. The minimum absolute atomic E-state index is 0.0150. The van der Waals surface area contributed by atoms with Crippen molar-refractivity contribution >= 4 is 17.7 Å². The topological polar surface area (TPSA) is 64.7 Å². The van der Waals surface area contributed by atoms with Gasteiger partial charge in [0.1, 0.15) is 0 Å². The zero-order valence-corrected chi connectivity index (χ0v) is 15.2. The van der Waals surface area contributed by atoms with E-state index in [0.717, 1.165) is 42.7 Å². The van der Waals surface area contributed by atoms with Gasteiger partial charge in [0.05, 0.1) is 6.04 Å². The zero-order valence-electron chi connectivity index (χ0n) is 15.2. The first-order valence-corrected chi connectivity index (χ1v) is 9.46. The second kappa shape index (κ2) is 7.70. The summed E-state index contributed by atoms with van der Waals surface area (Å²) in [4.78, 5) is 28.2. The van der Waals surface area contributed by atoms with Crippen LogP contribution in [0.3, 0.4) is 0 Å². The van der Waals surface area contributed by atoms with Crippen molar-refractivity contribution in [1.82, 2.24) is 15.1 Å². The lowest BCUT2D eigenvalue weighted by atomic mass is 10.0. The molecule has 2 saturated heterocycles. The lowest BCUT2D eigenvalue weighted by molar-refractivity contribution is 0.139. The Balaban J connectivity index is 1.37. The highest BCUT2D eigenvalue weighted by atomic mass is 16.2. The Kier molecular flexibility index (Phi) is 4.96. The first-order valence-electron chi connectivity index (χ1n) is 9.46. The lowest BCUT2D eigenvalue weighted by Crippen LogP contribution is -2.51. The van der Waals surface area contributed by atoms with E-state index in [0.29, 0.717) is 13.1 Å². The number of hydrogen-bond acceptors (Lipinski definition) is 2. The van der Waals surface area contributed by atoms with E-state index in [9.17, 15) is 9.59 Å². The fourth-order valence-electron chi connectivity index (χ4n) is 3.81. The van der Waals surface area contributed by atoms with Gasteiger partial charge in [-0.15, -0.1) is 0 Å². The van der Waals surface area contributed by atoms with Crippen LogP contribution in [0.2, 0.25) is 0 Å². The number of benzene rings is 2. The summed E-state index contributed by atoms with van der Waals surface area (Å²) < 4.78 is 0. The molecule has 2 heterocycles. The molecule has 27 heavy (non-hydrogen) atoms. The highest BCUT2D eigenvalue weighted by Gasteiger charge is 2.32.